The molecule has 7 nitrogen and oxygen atoms in total. The zero-order valence-corrected chi connectivity index (χ0v) is 17.1. The molecule has 0 bridgehead atoms. The van der Waals surface area contributed by atoms with E-state index in [-0.39, 0.29) is 23.2 Å². The highest BCUT2D eigenvalue weighted by Gasteiger charge is 2.26. The van der Waals surface area contributed by atoms with Crippen LogP contribution in [-0.2, 0) is 10.0 Å². The van der Waals surface area contributed by atoms with Crippen LogP contribution in [0.5, 0.6) is 5.75 Å². The van der Waals surface area contributed by atoms with Gasteiger partial charge in [-0.1, -0.05) is 0 Å². The lowest BCUT2D eigenvalue weighted by molar-refractivity contribution is 0.0787. The molecule has 0 aliphatic carbocycles. The van der Waals surface area contributed by atoms with Gasteiger partial charge in [0.1, 0.15) is 5.75 Å². The van der Waals surface area contributed by atoms with E-state index in [4.69, 9.17) is 10.5 Å². The number of nitrogens with zero attached hydrogens (tertiary/aromatic N) is 1. The van der Waals surface area contributed by atoms with Crippen molar-refractivity contribution in [3.8, 4) is 5.75 Å². The molecule has 1 amide bonds. The molecule has 0 saturated carbocycles. The Labute approximate surface area is 171 Å². The van der Waals surface area contributed by atoms with Crippen molar-refractivity contribution < 1.29 is 17.9 Å². The summed E-state index contributed by atoms with van der Waals surface area (Å²) in [6.07, 6.45) is 0.903. The van der Waals surface area contributed by atoms with Gasteiger partial charge in [0.15, 0.2) is 0 Å². The Hall–Kier alpha value is -2.29. The molecule has 9 heteroatoms. The first kappa shape index (κ1) is 22.0. The minimum absolute atomic E-state index is 0. The summed E-state index contributed by atoms with van der Waals surface area (Å²) < 4.78 is 32.6. The highest BCUT2D eigenvalue weighted by atomic mass is 35.5. The molecule has 2 aromatic rings. The monoisotopic (exact) mass is 425 g/mol. The minimum atomic E-state index is -3.74. The van der Waals surface area contributed by atoms with Gasteiger partial charge in [-0.25, -0.2) is 8.42 Å². The third-order valence-corrected chi connectivity index (χ3v) is 6.06. The Morgan fingerprint density at radius 3 is 2.36 bits per heavy atom. The highest BCUT2D eigenvalue weighted by molar-refractivity contribution is 7.92. The van der Waals surface area contributed by atoms with Crippen LogP contribution in [0.15, 0.2) is 53.4 Å². The van der Waals surface area contributed by atoms with Crippen LogP contribution in [0.1, 0.15) is 16.8 Å². The number of sulfonamides is 1. The SMILES string of the molecule is COc1ccc(NS(=O)(=O)c2ccc(C(=O)N3CCC(CN)C3)cc2)cc1.Cl. The third-order valence-electron chi connectivity index (χ3n) is 4.66. The molecule has 0 aromatic heterocycles. The average Bonchev–Trinajstić information content (AvgIpc) is 3.17. The van der Waals surface area contributed by atoms with Gasteiger partial charge < -0.3 is 15.4 Å². The van der Waals surface area contributed by atoms with Crippen LogP contribution < -0.4 is 15.2 Å². The zero-order valence-electron chi connectivity index (χ0n) is 15.5. The van der Waals surface area contributed by atoms with Crippen LogP contribution in [0.4, 0.5) is 5.69 Å². The largest absolute Gasteiger partial charge is 0.497 e. The molecule has 0 spiro atoms. The summed E-state index contributed by atoms with van der Waals surface area (Å²) in [5.41, 5.74) is 6.56. The number of nitrogens with two attached hydrogens (primary N) is 1. The van der Waals surface area contributed by atoms with Gasteiger partial charge in [0.05, 0.1) is 12.0 Å². The van der Waals surface area contributed by atoms with Crippen LogP contribution >= 0.6 is 12.4 Å². The van der Waals surface area contributed by atoms with Crippen molar-refractivity contribution in [3.63, 3.8) is 0 Å². The van der Waals surface area contributed by atoms with Gasteiger partial charge in [0.2, 0.25) is 0 Å². The first-order valence-corrected chi connectivity index (χ1v) is 10.2. The summed E-state index contributed by atoms with van der Waals surface area (Å²) in [6.45, 7) is 1.90. The second-order valence-corrected chi connectivity index (χ2v) is 8.18. The Balaban J connectivity index is 0.00000280. The number of methoxy groups -OCH3 is 1. The Morgan fingerprint density at radius 2 is 1.82 bits per heavy atom. The number of nitrogens with one attached hydrogen (secondary N) is 1. The molecule has 1 fully saturated rings. The summed E-state index contributed by atoms with van der Waals surface area (Å²) in [6, 6.07) is 12.5. The molecular formula is C19H24ClN3O4S. The molecule has 1 atom stereocenters. The number of halogens is 1. The summed E-state index contributed by atoms with van der Waals surface area (Å²) in [5.74, 6) is 0.875. The van der Waals surface area contributed by atoms with Gasteiger partial charge in [0.25, 0.3) is 15.9 Å². The van der Waals surface area contributed by atoms with Crippen LogP contribution in [-0.4, -0.2) is 46.0 Å². The van der Waals surface area contributed by atoms with E-state index in [0.29, 0.717) is 42.6 Å². The number of carbonyl (C=O) groups is 1. The quantitative estimate of drug-likeness (QED) is 0.739. The van der Waals surface area contributed by atoms with E-state index in [0.717, 1.165) is 6.42 Å². The smallest absolute Gasteiger partial charge is 0.261 e. The molecule has 152 valence electrons. The molecule has 28 heavy (non-hydrogen) atoms. The Kier molecular flexibility index (Phi) is 7.29. The fraction of sp³-hybridized carbons (Fsp3) is 0.316. The van der Waals surface area contributed by atoms with Gasteiger partial charge in [-0.3, -0.25) is 9.52 Å². The van der Waals surface area contributed by atoms with Crippen molar-refractivity contribution >= 4 is 34.0 Å². The molecule has 1 aliphatic heterocycles. The lowest BCUT2D eigenvalue weighted by Crippen LogP contribution is -2.29. The number of likely N-dealkylation sites (tertiary alicyclic amines) is 1. The topological polar surface area (TPSA) is 102 Å². The van der Waals surface area contributed by atoms with Crippen molar-refractivity contribution in [2.45, 2.75) is 11.3 Å². The van der Waals surface area contributed by atoms with Crippen molar-refractivity contribution in [2.75, 3.05) is 31.5 Å². The van der Waals surface area contributed by atoms with Crippen molar-refractivity contribution in [1.29, 1.82) is 0 Å². The molecule has 1 heterocycles. The van der Waals surface area contributed by atoms with Crippen LogP contribution in [0.25, 0.3) is 0 Å². The molecule has 1 unspecified atom stereocenters. The lowest BCUT2D eigenvalue weighted by atomic mass is 10.1. The normalized spacial score (nSPS) is 16.4. The van der Waals surface area contributed by atoms with Crippen molar-refractivity contribution in [2.24, 2.45) is 11.7 Å². The van der Waals surface area contributed by atoms with E-state index in [2.05, 4.69) is 4.72 Å². The predicted octanol–water partition coefficient (Wildman–Crippen LogP) is 2.34. The lowest BCUT2D eigenvalue weighted by Gasteiger charge is -2.16. The van der Waals surface area contributed by atoms with Gasteiger partial charge in [-0.15, -0.1) is 12.4 Å². The Bertz CT molecular complexity index is 902. The number of hydrogen-bond donors (Lipinski definition) is 2. The fourth-order valence-corrected chi connectivity index (χ4v) is 4.10. The maximum Gasteiger partial charge on any atom is 0.261 e. The zero-order chi connectivity index (χ0) is 19.4. The van der Waals surface area contributed by atoms with E-state index in [1.54, 1.807) is 48.4 Å². The molecule has 3 N–H and O–H groups in total. The number of rotatable bonds is 6. The molecule has 1 saturated heterocycles. The molecule has 2 aromatic carbocycles. The molecule has 1 aliphatic rings. The number of anilines is 1. The number of carbonyl (C=O) groups excluding carboxylic acids is 1. The van der Waals surface area contributed by atoms with Crippen LogP contribution in [0.2, 0.25) is 0 Å². The second kappa shape index (κ2) is 9.27. The van der Waals surface area contributed by atoms with E-state index in [1.807, 2.05) is 0 Å². The first-order valence-electron chi connectivity index (χ1n) is 8.69. The first-order chi connectivity index (χ1) is 12.9. The molecule has 3 rings (SSSR count). The summed E-state index contributed by atoms with van der Waals surface area (Å²) in [7, 11) is -2.20. The maximum atomic E-state index is 12.5. The highest BCUT2D eigenvalue weighted by Crippen LogP contribution is 2.21. The van der Waals surface area contributed by atoms with Gasteiger partial charge >= 0.3 is 0 Å². The van der Waals surface area contributed by atoms with Crippen LogP contribution in [0, 0.1) is 5.92 Å². The third kappa shape index (κ3) is 4.95. The van der Waals surface area contributed by atoms with Gasteiger partial charge in [0, 0.05) is 24.3 Å². The summed E-state index contributed by atoms with van der Waals surface area (Å²) in [5, 5.41) is 0. The Morgan fingerprint density at radius 1 is 1.18 bits per heavy atom. The molecule has 0 radical (unpaired) electrons. The molecular weight excluding hydrogens is 402 g/mol. The van der Waals surface area contributed by atoms with E-state index in [9.17, 15) is 13.2 Å². The standard InChI is InChI=1S/C19H23N3O4S.ClH/c1-26-17-6-4-16(5-7-17)21-27(24,25)18-8-2-15(3-9-18)19(23)22-11-10-14(12-20)13-22;/h2-9,14,21H,10-13,20H2,1H3;1H. The fourth-order valence-electron chi connectivity index (χ4n) is 3.04. The van der Waals surface area contributed by atoms with E-state index in [1.165, 1.54) is 12.1 Å². The number of benzene rings is 2. The van der Waals surface area contributed by atoms with Crippen molar-refractivity contribution in [1.82, 2.24) is 4.90 Å². The van der Waals surface area contributed by atoms with E-state index >= 15 is 0 Å². The van der Waals surface area contributed by atoms with Gasteiger partial charge in [-0.2, -0.15) is 0 Å². The number of ether oxygens (including phenoxy) is 1. The van der Waals surface area contributed by atoms with Crippen LogP contribution in [0.3, 0.4) is 0 Å². The minimum Gasteiger partial charge on any atom is -0.497 e. The predicted molar refractivity (Wildman–Crippen MR) is 111 cm³/mol. The average molecular weight is 426 g/mol. The summed E-state index contributed by atoms with van der Waals surface area (Å²) >= 11 is 0. The number of hydrogen-bond acceptors (Lipinski definition) is 5. The second-order valence-electron chi connectivity index (χ2n) is 6.50. The van der Waals surface area contributed by atoms with E-state index < -0.39 is 10.0 Å². The van der Waals surface area contributed by atoms with Crippen molar-refractivity contribution in [3.05, 3.63) is 54.1 Å². The summed E-state index contributed by atoms with van der Waals surface area (Å²) in [4.78, 5) is 14.4. The maximum absolute atomic E-state index is 12.5. The number of amides is 1. The van der Waals surface area contributed by atoms with Gasteiger partial charge in [-0.05, 0) is 67.4 Å².